The van der Waals surface area contributed by atoms with Crippen LogP contribution in [-0.4, -0.2) is 15.9 Å². The number of carbonyl (C=O) groups is 1. The molecule has 32 heavy (non-hydrogen) atoms. The first-order valence-electron chi connectivity index (χ1n) is 9.70. The first-order valence-corrected chi connectivity index (χ1v) is 9.70. The minimum atomic E-state index is -4.69. The van der Waals surface area contributed by atoms with Gasteiger partial charge in [0.05, 0.1) is 11.6 Å². The molecule has 1 aromatic heterocycles. The van der Waals surface area contributed by atoms with E-state index < -0.39 is 40.5 Å². The highest BCUT2D eigenvalue weighted by atomic mass is 19.4. The Bertz CT molecular complexity index is 1180. The van der Waals surface area contributed by atoms with Gasteiger partial charge in [0.15, 0.2) is 0 Å². The van der Waals surface area contributed by atoms with Crippen molar-refractivity contribution in [2.45, 2.75) is 33.0 Å². The van der Waals surface area contributed by atoms with Crippen molar-refractivity contribution in [1.82, 2.24) is 15.3 Å². The van der Waals surface area contributed by atoms with Gasteiger partial charge in [0.1, 0.15) is 17.3 Å². The maximum atomic E-state index is 14.6. The van der Waals surface area contributed by atoms with Gasteiger partial charge in [0, 0.05) is 17.2 Å². The van der Waals surface area contributed by atoms with E-state index in [0.29, 0.717) is 11.6 Å². The molecule has 0 unspecified atom stereocenters. The van der Waals surface area contributed by atoms with Crippen LogP contribution in [0.3, 0.4) is 0 Å². The summed E-state index contributed by atoms with van der Waals surface area (Å²) in [5.41, 5.74) is -2.17. The van der Waals surface area contributed by atoms with Gasteiger partial charge in [-0.2, -0.15) is 13.2 Å². The van der Waals surface area contributed by atoms with Crippen molar-refractivity contribution in [2.24, 2.45) is 5.41 Å². The van der Waals surface area contributed by atoms with Gasteiger partial charge < -0.3 is 10.3 Å². The number of nitrogens with zero attached hydrogens (tertiary/aromatic N) is 1. The van der Waals surface area contributed by atoms with Gasteiger partial charge in [-0.1, -0.05) is 57.2 Å². The van der Waals surface area contributed by atoms with Gasteiger partial charge in [-0.3, -0.25) is 9.59 Å². The number of rotatable bonds is 4. The first-order chi connectivity index (χ1) is 14.9. The number of amides is 1. The number of aromatic nitrogens is 2. The van der Waals surface area contributed by atoms with Gasteiger partial charge in [-0.25, -0.2) is 9.37 Å². The van der Waals surface area contributed by atoms with E-state index in [9.17, 15) is 27.2 Å². The molecular formula is C23H21F4N3O2. The van der Waals surface area contributed by atoms with E-state index in [1.807, 2.05) is 0 Å². The average molecular weight is 447 g/mol. The summed E-state index contributed by atoms with van der Waals surface area (Å²) in [7, 11) is 0. The number of alkyl halides is 3. The van der Waals surface area contributed by atoms with Crippen LogP contribution in [0.4, 0.5) is 17.6 Å². The van der Waals surface area contributed by atoms with Gasteiger partial charge in [0.25, 0.3) is 11.5 Å². The normalized spacial score (nSPS) is 13.0. The van der Waals surface area contributed by atoms with Crippen LogP contribution >= 0.6 is 0 Å². The summed E-state index contributed by atoms with van der Waals surface area (Å²) in [4.78, 5) is 31.7. The Morgan fingerprint density at radius 2 is 1.69 bits per heavy atom. The smallest absolute Gasteiger partial charge is 0.343 e. The zero-order chi connectivity index (χ0) is 23.7. The van der Waals surface area contributed by atoms with Gasteiger partial charge in [0.2, 0.25) is 0 Å². The number of halogens is 4. The fourth-order valence-corrected chi connectivity index (χ4v) is 3.21. The van der Waals surface area contributed by atoms with Gasteiger partial charge >= 0.3 is 6.18 Å². The van der Waals surface area contributed by atoms with E-state index >= 15 is 0 Å². The molecule has 0 aliphatic rings. The molecule has 1 heterocycles. The molecule has 2 aromatic carbocycles. The number of hydrogen-bond acceptors (Lipinski definition) is 3. The zero-order valence-corrected chi connectivity index (χ0v) is 17.5. The van der Waals surface area contributed by atoms with E-state index in [2.05, 4.69) is 15.3 Å². The minimum Gasteiger partial charge on any atom is -0.343 e. The molecule has 168 valence electrons. The molecule has 5 nitrogen and oxygen atoms in total. The monoisotopic (exact) mass is 447 g/mol. The summed E-state index contributed by atoms with van der Waals surface area (Å²) in [5.74, 6) is -1.67. The van der Waals surface area contributed by atoms with Crippen molar-refractivity contribution < 1.29 is 22.4 Å². The van der Waals surface area contributed by atoms with Crippen LogP contribution in [0, 0.1) is 11.2 Å². The molecule has 0 saturated heterocycles. The number of H-pyrrole nitrogens is 1. The van der Waals surface area contributed by atoms with E-state index in [1.54, 1.807) is 51.1 Å². The van der Waals surface area contributed by atoms with E-state index in [1.165, 1.54) is 0 Å². The van der Waals surface area contributed by atoms with Crippen LogP contribution in [-0.2, 0) is 6.18 Å². The zero-order valence-electron chi connectivity index (χ0n) is 17.5. The molecule has 1 atom stereocenters. The second-order valence-corrected chi connectivity index (χ2v) is 8.35. The van der Waals surface area contributed by atoms with Crippen LogP contribution in [0.2, 0.25) is 0 Å². The largest absolute Gasteiger partial charge is 0.416 e. The Labute approximate surface area is 181 Å². The molecule has 0 aliphatic heterocycles. The molecule has 3 rings (SSSR count). The molecule has 0 spiro atoms. The Hall–Kier alpha value is -3.49. The molecule has 2 N–H and O–H groups in total. The van der Waals surface area contributed by atoms with Gasteiger partial charge in [-0.15, -0.1) is 0 Å². The number of hydrogen-bond donors (Lipinski definition) is 2. The summed E-state index contributed by atoms with van der Waals surface area (Å²) < 4.78 is 53.4. The van der Waals surface area contributed by atoms with E-state index in [-0.39, 0.29) is 17.1 Å². The highest BCUT2D eigenvalue weighted by molar-refractivity contribution is 5.93. The van der Waals surface area contributed by atoms with Crippen LogP contribution in [0.5, 0.6) is 0 Å². The first kappa shape index (κ1) is 23.2. The highest BCUT2D eigenvalue weighted by Gasteiger charge is 2.35. The quantitative estimate of drug-likeness (QED) is 0.546. The molecule has 0 fully saturated rings. The van der Waals surface area contributed by atoms with Gasteiger partial charge in [-0.05, 0) is 17.5 Å². The van der Waals surface area contributed by atoms with Crippen LogP contribution in [0.25, 0.3) is 11.4 Å². The van der Waals surface area contributed by atoms with E-state index in [0.717, 1.165) is 18.2 Å². The van der Waals surface area contributed by atoms with E-state index in [4.69, 9.17) is 0 Å². The summed E-state index contributed by atoms with van der Waals surface area (Å²) in [6, 6.07) is 10.9. The predicted octanol–water partition coefficient (Wildman–Crippen LogP) is 5.11. The molecule has 0 radical (unpaired) electrons. The Balaban J connectivity index is 1.97. The summed E-state index contributed by atoms with van der Waals surface area (Å²) in [6.07, 6.45) is -4.69. The maximum absolute atomic E-state index is 14.6. The predicted molar refractivity (Wildman–Crippen MR) is 111 cm³/mol. The van der Waals surface area contributed by atoms with Crippen LogP contribution < -0.4 is 10.9 Å². The lowest BCUT2D eigenvalue weighted by atomic mass is 9.81. The third-order valence-corrected chi connectivity index (χ3v) is 4.80. The van der Waals surface area contributed by atoms with Crippen LogP contribution in [0.1, 0.15) is 48.4 Å². The summed E-state index contributed by atoms with van der Waals surface area (Å²) in [6.45, 7) is 5.11. The second-order valence-electron chi connectivity index (χ2n) is 8.35. The number of carbonyl (C=O) groups excluding carboxylic acids is 1. The van der Waals surface area contributed by atoms with Crippen molar-refractivity contribution in [3.63, 3.8) is 0 Å². The molecular weight excluding hydrogens is 426 g/mol. The fraction of sp³-hybridized carbons (Fsp3) is 0.261. The van der Waals surface area contributed by atoms with Crippen molar-refractivity contribution in [3.8, 4) is 11.4 Å². The van der Waals surface area contributed by atoms with Crippen molar-refractivity contribution in [1.29, 1.82) is 0 Å². The maximum Gasteiger partial charge on any atom is 0.416 e. The third-order valence-electron chi connectivity index (χ3n) is 4.80. The lowest BCUT2D eigenvalue weighted by Gasteiger charge is -2.32. The lowest BCUT2D eigenvalue weighted by Crippen LogP contribution is -2.38. The molecule has 0 bridgehead atoms. The second kappa shape index (κ2) is 8.57. The van der Waals surface area contributed by atoms with Crippen LogP contribution in [0.15, 0.2) is 59.4 Å². The SMILES string of the molecule is CC(C)(C)[C@@H](NC(=O)c1cc(=O)[nH]c(-c2ccccc2)n1)c1ccc(C(F)(F)F)cc1F. The molecule has 3 aromatic rings. The average Bonchev–Trinajstić information content (AvgIpc) is 2.71. The van der Waals surface area contributed by atoms with Crippen molar-refractivity contribution >= 4 is 5.91 Å². The fourth-order valence-electron chi connectivity index (χ4n) is 3.21. The Morgan fingerprint density at radius 3 is 2.25 bits per heavy atom. The van der Waals surface area contributed by atoms with Crippen molar-refractivity contribution in [3.05, 3.63) is 87.6 Å². The Kier molecular flexibility index (Phi) is 6.20. The lowest BCUT2D eigenvalue weighted by molar-refractivity contribution is -0.137. The summed E-state index contributed by atoms with van der Waals surface area (Å²) in [5, 5.41) is 2.62. The van der Waals surface area contributed by atoms with Crippen molar-refractivity contribution in [2.75, 3.05) is 0 Å². The number of nitrogens with one attached hydrogen (secondary N) is 2. The summed E-state index contributed by atoms with van der Waals surface area (Å²) >= 11 is 0. The highest BCUT2D eigenvalue weighted by Crippen LogP contribution is 2.37. The minimum absolute atomic E-state index is 0.105. The topological polar surface area (TPSA) is 74.8 Å². The molecule has 9 heteroatoms. The molecule has 1 amide bonds. The third kappa shape index (κ3) is 5.22. The standard InChI is InChI=1S/C23H21F4N3O2/c1-22(2,3)19(15-10-9-14(11-16(15)24)23(25,26)27)30-21(32)17-12-18(31)29-20(28-17)13-7-5-4-6-8-13/h4-12,19H,1-3H3,(H,30,32)(H,28,29,31)/t19-/m0/s1. The molecule has 0 aliphatic carbocycles. The number of benzene rings is 2. The number of aromatic amines is 1. The Morgan fingerprint density at radius 1 is 1.03 bits per heavy atom. The molecule has 0 saturated carbocycles.